The molecule has 7 heteroatoms. The second kappa shape index (κ2) is 8.23. The topological polar surface area (TPSA) is 54.4 Å². The van der Waals surface area contributed by atoms with Crippen molar-refractivity contribution in [3.05, 3.63) is 71.8 Å². The SMILES string of the molecule is CC=CC(=O)SC(C(=O)O)c1ccc(-c2ccccc2C(F)(F)F)cc1. The van der Waals surface area contributed by atoms with E-state index in [1.807, 2.05) is 0 Å². The third-order valence-corrected chi connectivity index (χ3v) is 4.60. The lowest BCUT2D eigenvalue weighted by molar-refractivity contribution is -0.137. The van der Waals surface area contributed by atoms with Crippen molar-refractivity contribution in [2.45, 2.75) is 18.3 Å². The predicted octanol–water partition coefficient (Wildman–Crippen LogP) is 5.33. The molecule has 0 aliphatic rings. The minimum absolute atomic E-state index is 0.0103. The van der Waals surface area contributed by atoms with Crippen molar-refractivity contribution in [2.75, 3.05) is 0 Å². The fourth-order valence-electron chi connectivity index (χ4n) is 2.37. The summed E-state index contributed by atoms with van der Waals surface area (Å²) >= 11 is 0.634. The van der Waals surface area contributed by atoms with E-state index in [-0.39, 0.29) is 5.56 Å². The van der Waals surface area contributed by atoms with Gasteiger partial charge in [0.05, 0.1) is 5.56 Å². The van der Waals surface area contributed by atoms with E-state index in [1.165, 1.54) is 54.6 Å². The first-order valence-corrected chi connectivity index (χ1v) is 8.44. The molecule has 0 fully saturated rings. The highest BCUT2D eigenvalue weighted by Crippen LogP contribution is 2.38. The Morgan fingerprint density at radius 2 is 1.69 bits per heavy atom. The second-order valence-corrected chi connectivity index (χ2v) is 6.43. The molecule has 0 saturated heterocycles. The Morgan fingerprint density at radius 3 is 2.23 bits per heavy atom. The van der Waals surface area contributed by atoms with Gasteiger partial charge in [-0.2, -0.15) is 13.2 Å². The molecule has 2 rings (SSSR count). The van der Waals surface area contributed by atoms with Crippen LogP contribution in [0.2, 0.25) is 0 Å². The van der Waals surface area contributed by atoms with Crippen LogP contribution in [0.4, 0.5) is 13.2 Å². The van der Waals surface area contributed by atoms with E-state index in [4.69, 9.17) is 0 Å². The molecule has 0 aromatic heterocycles. The van der Waals surface area contributed by atoms with Crippen LogP contribution < -0.4 is 0 Å². The molecular weight excluding hydrogens is 365 g/mol. The van der Waals surface area contributed by atoms with E-state index in [2.05, 4.69) is 0 Å². The first kappa shape index (κ1) is 19.8. The van der Waals surface area contributed by atoms with E-state index >= 15 is 0 Å². The van der Waals surface area contributed by atoms with Crippen LogP contribution in [-0.2, 0) is 15.8 Å². The van der Waals surface area contributed by atoms with Gasteiger partial charge >= 0.3 is 12.1 Å². The maximum Gasteiger partial charge on any atom is 0.417 e. The van der Waals surface area contributed by atoms with Gasteiger partial charge in [0.15, 0.2) is 0 Å². The third kappa shape index (κ3) is 4.76. The van der Waals surface area contributed by atoms with Crippen molar-refractivity contribution in [1.82, 2.24) is 0 Å². The fraction of sp³-hybridized carbons (Fsp3) is 0.158. The van der Waals surface area contributed by atoms with Gasteiger partial charge in [-0.15, -0.1) is 0 Å². The highest BCUT2D eigenvalue weighted by Gasteiger charge is 2.33. The molecule has 136 valence electrons. The maximum atomic E-state index is 13.1. The second-order valence-electron chi connectivity index (χ2n) is 5.32. The van der Waals surface area contributed by atoms with Gasteiger partial charge in [-0.3, -0.25) is 9.59 Å². The summed E-state index contributed by atoms with van der Waals surface area (Å²) in [6, 6.07) is 10.9. The van der Waals surface area contributed by atoms with Crippen molar-refractivity contribution < 1.29 is 27.9 Å². The molecule has 2 aromatic carbocycles. The van der Waals surface area contributed by atoms with Gasteiger partial charge in [0, 0.05) is 0 Å². The Bertz CT molecular complexity index is 827. The Labute approximate surface area is 152 Å². The van der Waals surface area contributed by atoms with Crippen LogP contribution in [0.1, 0.15) is 23.3 Å². The van der Waals surface area contributed by atoms with Crippen LogP contribution in [0.3, 0.4) is 0 Å². The van der Waals surface area contributed by atoms with Crippen molar-refractivity contribution in [3.63, 3.8) is 0 Å². The number of alkyl halides is 3. The average Bonchev–Trinajstić information content (AvgIpc) is 2.59. The Hall–Kier alpha value is -2.54. The van der Waals surface area contributed by atoms with E-state index in [0.29, 0.717) is 22.9 Å². The summed E-state index contributed by atoms with van der Waals surface area (Å²) < 4.78 is 39.4. The van der Waals surface area contributed by atoms with Gasteiger partial charge in [0.2, 0.25) is 5.12 Å². The number of rotatable bonds is 5. The zero-order valence-electron chi connectivity index (χ0n) is 13.7. The standard InChI is InChI=1S/C19H15F3O3S/c1-2-5-16(23)26-17(18(24)25)13-10-8-12(9-11-13)14-6-3-4-7-15(14)19(20,21)22/h2-11,17H,1H3,(H,24,25). The number of benzene rings is 2. The Morgan fingerprint density at radius 1 is 1.08 bits per heavy atom. The van der Waals surface area contributed by atoms with Gasteiger partial charge in [0.1, 0.15) is 5.25 Å². The van der Waals surface area contributed by atoms with Crippen molar-refractivity contribution in [3.8, 4) is 11.1 Å². The molecular formula is C19H15F3O3S. The summed E-state index contributed by atoms with van der Waals surface area (Å²) in [5.41, 5.74) is -0.111. The molecule has 26 heavy (non-hydrogen) atoms. The minimum Gasteiger partial charge on any atom is -0.480 e. The highest BCUT2D eigenvalue weighted by atomic mass is 32.2. The predicted molar refractivity (Wildman–Crippen MR) is 94.7 cm³/mol. The van der Waals surface area contributed by atoms with Gasteiger partial charge in [-0.1, -0.05) is 60.3 Å². The van der Waals surface area contributed by atoms with Gasteiger partial charge < -0.3 is 5.11 Å². The molecule has 0 heterocycles. The first-order valence-electron chi connectivity index (χ1n) is 7.56. The molecule has 1 atom stereocenters. The Balaban J connectivity index is 2.36. The summed E-state index contributed by atoms with van der Waals surface area (Å²) in [5, 5.41) is 7.79. The maximum absolute atomic E-state index is 13.1. The first-order chi connectivity index (χ1) is 12.2. The quantitative estimate of drug-likeness (QED) is 0.712. The number of aliphatic carboxylic acids is 1. The summed E-state index contributed by atoms with van der Waals surface area (Å²) in [6.07, 6.45) is -1.73. The molecule has 3 nitrogen and oxygen atoms in total. The number of carboxylic acids is 1. The summed E-state index contributed by atoms with van der Waals surface area (Å²) in [7, 11) is 0. The van der Waals surface area contributed by atoms with Crippen LogP contribution in [0, 0.1) is 0 Å². The normalized spacial score (nSPS) is 12.9. The number of halogens is 3. The number of hydrogen-bond acceptors (Lipinski definition) is 3. The molecule has 0 radical (unpaired) electrons. The summed E-state index contributed by atoms with van der Waals surface area (Å²) in [4.78, 5) is 23.1. The van der Waals surface area contributed by atoms with Gasteiger partial charge in [-0.25, -0.2) is 0 Å². The van der Waals surface area contributed by atoms with Crippen LogP contribution >= 0.6 is 11.8 Å². The minimum atomic E-state index is -4.49. The van der Waals surface area contributed by atoms with Crippen molar-refractivity contribution >= 4 is 22.8 Å². The van der Waals surface area contributed by atoms with E-state index in [1.54, 1.807) is 6.92 Å². The molecule has 0 saturated carbocycles. The lowest BCUT2D eigenvalue weighted by atomic mass is 9.98. The smallest absolute Gasteiger partial charge is 0.417 e. The summed E-state index contributed by atoms with van der Waals surface area (Å²) in [6.45, 7) is 1.64. The van der Waals surface area contributed by atoms with E-state index in [9.17, 15) is 27.9 Å². The zero-order valence-corrected chi connectivity index (χ0v) is 14.5. The van der Waals surface area contributed by atoms with Crippen LogP contribution in [-0.4, -0.2) is 16.2 Å². The van der Waals surface area contributed by atoms with Crippen LogP contribution in [0.25, 0.3) is 11.1 Å². The zero-order chi connectivity index (χ0) is 19.3. The third-order valence-electron chi connectivity index (χ3n) is 3.52. The number of carboxylic acid groups (broad SMARTS) is 1. The average molecular weight is 380 g/mol. The molecule has 2 aromatic rings. The van der Waals surface area contributed by atoms with E-state index < -0.39 is 28.1 Å². The number of allylic oxidation sites excluding steroid dienone is 1. The highest BCUT2D eigenvalue weighted by molar-refractivity contribution is 8.14. The number of thioether (sulfide) groups is 1. The number of hydrogen-bond donors (Lipinski definition) is 1. The fourth-order valence-corrected chi connectivity index (χ4v) is 3.21. The monoisotopic (exact) mass is 380 g/mol. The molecule has 0 amide bonds. The molecule has 0 bridgehead atoms. The van der Waals surface area contributed by atoms with Gasteiger partial charge in [-0.05, 0) is 35.8 Å². The molecule has 0 spiro atoms. The van der Waals surface area contributed by atoms with Crippen LogP contribution in [0.15, 0.2) is 60.7 Å². The lowest BCUT2D eigenvalue weighted by Gasteiger charge is -2.14. The summed E-state index contributed by atoms with van der Waals surface area (Å²) in [5.74, 6) is -1.20. The van der Waals surface area contributed by atoms with Crippen molar-refractivity contribution in [2.24, 2.45) is 0 Å². The molecule has 0 aliphatic carbocycles. The molecule has 1 N–H and O–H groups in total. The molecule has 0 aliphatic heterocycles. The lowest BCUT2D eigenvalue weighted by Crippen LogP contribution is -2.10. The number of carbonyl (C=O) groups is 2. The van der Waals surface area contributed by atoms with Crippen LogP contribution in [0.5, 0.6) is 0 Å². The van der Waals surface area contributed by atoms with E-state index in [0.717, 1.165) is 6.07 Å². The largest absolute Gasteiger partial charge is 0.480 e. The van der Waals surface area contributed by atoms with Crippen molar-refractivity contribution in [1.29, 1.82) is 0 Å². The molecule has 1 unspecified atom stereocenters. The number of carbonyl (C=O) groups excluding carboxylic acids is 1. The van der Waals surface area contributed by atoms with Gasteiger partial charge in [0.25, 0.3) is 0 Å². The Kier molecular flexibility index (Phi) is 6.26.